The molecule has 3 rings (SSSR count). The number of hydrogen-bond acceptors (Lipinski definition) is 5. The number of nitro groups is 1. The minimum Gasteiger partial charge on any atom is -0.456 e. The van der Waals surface area contributed by atoms with Gasteiger partial charge in [-0.05, 0) is 65.4 Å². The number of aryl methyl sites for hydroxylation is 1. The third kappa shape index (κ3) is 4.70. The molecule has 1 amide bonds. The molecule has 0 saturated heterocycles. The Balaban J connectivity index is 1.89. The molecule has 0 spiro atoms. The number of rotatable bonds is 5. The van der Waals surface area contributed by atoms with Crippen LogP contribution in [0.4, 0.5) is 11.4 Å². The number of benzene rings is 2. The number of nitriles is 1. The molecule has 0 bridgehead atoms. The first-order chi connectivity index (χ1) is 13.9. The Morgan fingerprint density at radius 3 is 2.69 bits per heavy atom. The Labute approximate surface area is 179 Å². The van der Waals surface area contributed by atoms with E-state index in [1.54, 1.807) is 43.3 Å². The average molecular weight is 499 g/mol. The van der Waals surface area contributed by atoms with Gasteiger partial charge in [0, 0.05) is 15.7 Å². The minimum absolute atomic E-state index is 0.0771. The Morgan fingerprint density at radius 2 is 2.00 bits per heavy atom. The maximum absolute atomic E-state index is 12.4. The van der Waals surface area contributed by atoms with Crippen molar-refractivity contribution < 1.29 is 14.1 Å². The van der Waals surface area contributed by atoms with Crippen molar-refractivity contribution in [1.82, 2.24) is 0 Å². The van der Waals surface area contributed by atoms with E-state index in [1.165, 1.54) is 12.1 Å². The summed E-state index contributed by atoms with van der Waals surface area (Å²) in [5, 5.41) is 23.4. The highest BCUT2D eigenvalue weighted by molar-refractivity contribution is 14.1. The number of amides is 1. The van der Waals surface area contributed by atoms with E-state index < -0.39 is 10.8 Å². The van der Waals surface area contributed by atoms with Gasteiger partial charge in [0.25, 0.3) is 11.6 Å². The van der Waals surface area contributed by atoms with Gasteiger partial charge in [0.05, 0.1) is 16.2 Å². The molecule has 1 heterocycles. The van der Waals surface area contributed by atoms with Crippen LogP contribution in [0.3, 0.4) is 0 Å². The van der Waals surface area contributed by atoms with Gasteiger partial charge in [0.1, 0.15) is 23.2 Å². The summed E-state index contributed by atoms with van der Waals surface area (Å²) in [5.74, 6) is -0.0570. The molecular weight excluding hydrogens is 485 g/mol. The number of carbonyl (C=O) groups is 1. The van der Waals surface area contributed by atoms with Crippen molar-refractivity contribution in [1.29, 1.82) is 5.26 Å². The van der Waals surface area contributed by atoms with Crippen molar-refractivity contribution in [3.8, 4) is 17.4 Å². The van der Waals surface area contributed by atoms with E-state index >= 15 is 0 Å². The van der Waals surface area contributed by atoms with Crippen LogP contribution in [0.5, 0.6) is 0 Å². The van der Waals surface area contributed by atoms with E-state index in [2.05, 4.69) is 27.9 Å². The van der Waals surface area contributed by atoms with Crippen molar-refractivity contribution in [2.75, 3.05) is 5.32 Å². The third-order valence-electron chi connectivity index (χ3n) is 4.02. The second-order valence-electron chi connectivity index (χ2n) is 6.08. The molecule has 0 unspecified atom stereocenters. The fourth-order valence-electron chi connectivity index (χ4n) is 2.62. The van der Waals surface area contributed by atoms with Crippen LogP contribution in [-0.2, 0) is 4.79 Å². The number of anilines is 1. The van der Waals surface area contributed by atoms with Gasteiger partial charge in [0.2, 0.25) is 0 Å². The largest absolute Gasteiger partial charge is 0.456 e. The van der Waals surface area contributed by atoms with E-state index in [4.69, 9.17) is 4.42 Å². The summed E-state index contributed by atoms with van der Waals surface area (Å²) < 4.78 is 6.48. The number of nitro benzene ring substituents is 1. The summed E-state index contributed by atoms with van der Waals surface area (Å²) in [7, 11) is 0. The first kappa shape index (κ1) is 20.3. The van der Waals surface area contributed by atoms with E-state index in [0.29, 0.717) is 11.3 Å². The fraction of sp³-hybridized carbons (Fsp3) is 0.0476. The molecule has 0 radical (unpaired) electrons. The molecule has 7 nitrogen and oxygen atoms in total. The van der Waals surface area contributed by atoms with Crippen LogP contribution >= 0.6 is 22.6 Å². The smallest absolute Gasteiger partial charge is 0.280 e. The summed E-state index contributed by atoms with van der Waals surface area (Å²) >= 11 is 2.08. The van der Waals surface area contributed by atoms with E-state index in [0.717, 1.165) is 9.13 Å². The molecule has 1 N–H and O–H groups in total. The summed E-state index contributed by atoms with van der Waals surface area (Å²) in [6.45, 7) is 1.76. The SMILES string of the molecule is Cc1ccc(-c2ccc(/C=C(\C#N)C(=O)Nc3ccccc3I)o2)c([N+](=O)[O-])c1. The first-order valence-corrected chi connectivity index (χ1v) is 9.50. The molecule has 0 aliphatic carbocycles. The molecular formula is C21H14IN3O4. The topological polar surface area (TPSA) is 109 Å². The van der Waals surface area contributed by atoms with Crippen molar-refractivity contribution in [3.05, 3.63) is 85.2 Å². The maximum atomic E-state index is 12.4. The van der Waals surface area contributed by atoms with Gasteiger partial charge in [-0.2, -0.15) is 5.26 Å². The van der Waals surface area contributed by atoms with Crippen molar-refractivity contribution in [2.45, 2.75) is 6.92 Å². The van der Waals surface area contributed by atoms with Gasteiger partial charge in [-0.3, -0.25) is 14.9 Å². The zero-order chi connectivity index (χ0) is 21.0. The predicted octanol–water partition coefficient (Wildman–Crippen LogP) is 5.31. The molecule has 29 heavy (non-hydrogen) atoms. The van der Waals surface area contributed by atoms with E-state index in [9.17, 15) is 20.2 Å². The Hall–Kier alpha value is -3.45. The van der Waals surface area contributed by atoms with Crippen LogP contribution in [0.15, 0.2) is 64.6 Å². The number of carbonyl (C=O) groups excluding carboxylic acids is 1. The molecule has 3 aromatic rings. The second-order valence-corrected chi connectivity index (χ2v) is 7.25. The molecule has 0 aliphatic rings. The standard InChI is InChI=1S/C21H14IN3O4/c1-13-6-8-16(19(10-13)25(27)28)20-9-7-15(29-20)11-14(12-23)21(26)24-18-5-3-2-4-17(18)22/h2-11H,1H3,(H,24,26)/b14-11+. The van der Waals surface area contributed by atoms with Crippen LogP contribution in [0.25, 0.3) is 17.4 Å². The normalized spacial score (nSPS) is 11.0. The van der Waals surface area contributed by atoms with Gasteiger partial charge in [-0.1, -0.05) is 18.2 Å². The highest BCUT2D eigenvalue weighted by Gasteiger charge is 2.19. The number of nitrogens with zero attached hydrogens (tertiary/aromatic N) is 2. The Kier molecular flexibility index (Phi) is 6.09. The van der Waals surface area contributed by atoms with Crippen LogP contribution in [0.1, 0.15) is 11.3 Å². The van der Waals surface area contributed by atoms with Crippen molar-refractivity contribution in [3.63, 3.8) is 0 Å². The lowest BCUT2D eigenvalue weighted by molar-refractivity contribution is -0.384. The second kappa shape index (κ2) is 8.70. The van der Waals surface area contributed by atoms with Crippen LogP contribution < -0.4 is 5.32 Å². The van der Waals surface area contributed by atoms with Gasteiger partial charge >= 0.3 is 0 Å². The molecule has 0 saturated carbocycles. The van der Waals surface area contributed by atoms with Gasteiger partial charge < -0.3 is 9.73 Å². The number of para-hydroxylation sites is 1. The quantitative estimate of drug-likeness (QED) is 0.168. The predicted molar refractivity (Wildman–Crippen MR) is 117 cm³/mol. The fourth-order valence-corrected chi connectivity index (χ4v) is 3.14. The van der Waals surface area contributed by atoms with Gasteiger partial charge in [-0.15, -0.1) is 0 Å². The van der Waals surface area contributed by atoms with Gasteiger partial charge in [0.15, 0.2) is 0 Å². The molecule has 0 fully saturated rings. The van der Waals surface area contributed by atoms with Crippen molar-refractivity contribution in [2.24, 2.45) is 0 Å². The summed E-state index contributed by atoms with van der Waals surface area (Å²) in [4.78, 5) is 23.3. The first-order valence-electron chi connectivity index (χ1n) is 8.42. The molecule has 144 valence electrons. The number of furan rings is 1. The number of nitrogens with one attached hydrogen (secondary N) is 1. The zero-order valence-corrected chi connectivity index (χ0v) is 17.3. The van der Waals surface area contributed by atoms with Crippen LogP contribution in [-0.4, -0.2) is 10.8 Å². The van der Waals surface area contributed by atoms with E-state index in [-0.39, 0.29) is 22.8 Å². The molecule has 2 aromatic carbocycles. The lowest BCUT2D eigenvalue weighted by Gasteiger charge is -2.05. The van der Waals surface area contributed by atoms with Crippen LogP contribution in [0.2, 0.25) is 0 Å². The van der Waals surface area contributed by atoms with E-state index in [1.807, 2.05) is 18.2 Å². The lowest BCUT2D eigenvalue weighted by Crippen LogP contribution is -2.14. The Morgan fingerprint density at radius 1 is 1.24 bits per heavy atom. The zero-order valence-electron chi connectivity index (χ0n) is 15.2. The summed E-state index contributed by atoms with van der Waals surface area (Å²) in [5.41, 5.74) is 1.44. The highest BCUT2D eigenvalue weighted by Crippen LogP contribution is 2.32. The maximum Gasteiger partial charge on any atom is 0.280 e. The number of hydrogen-bond donors (Lipinski definition) is 1. The summed E-state index contributed by atoms with van der Waals surface area (Å²) in [6.07, 6.45) is 1.30. The third-order valence-corrected chi connectivity index (χ3v) is 4.96. The lowest BCUT2D eigenvalue weighted by atomic mass is 10.1. The highest BCUT2D eigenvalue weighted by atomic mass is 127. The average Bonchev–Trinajstić information content (AvgIpc) is 3.16. The number of halogens is 1. The van der Waals surface area contributed by atoms with Crippen molar-refractivity contribution >= 4 is 45.9 Å². The Bertz CT molecular complexity index is 1170. The summed E-state index contributed by atoms with van der Waals surface area (Å²) in [6, 6.07) is 17.0. The molecule has 8 heteroatoms. The van der Waals surface area contributed by atoms with Crippen LogP contribution in [0, 0.1) is 31.9 Å². The molecule has 0 aliphatic heterocycles. The molecule has 1 aromatic heterocycles. The monoisotopic (exact) mass is 499 g/mol. The minimum atomic E-state index is -0.573. The molecule has 0 atom stereocenters. The van der Waals surface area contributed by atoms with Gasteiger partial charge in [-0.25, -0.2) is 0 Å².